The second kappa shape index (κ2) is 18.0. The molecule has 0 unspecified atom stereocenters. The smallest absolute Gasteiger partial charge is 0.407 e. The fourth-order valence-electron chi connectivity index (χ4n) is 5.76. The van der Waals surface area contributed by atoms with Gasteiger partial charge in [-0.15, -0.1) is 0 Å². The zero-order valence-corrected chi connectivity index (χ0v) is 27.5. The minimum Gasteiger partial charge on any atom is -0.459 e. The number of rotatable bonds is 17. The highest BCUT2D eigenvalue weighted by Gasteiger charge is 2.30. The molecule has 0 spiro atoms. The van der Waals surface area contributed by atoms with Crippen molar-refractivity contribution in [3.05, 3.63) is 95.6 Å². The number of nitrogens with two attached hydrogens (primary N) is 1. The zero-order valence-electron chi connectivity index (χ0n) is 27.5. The first kappa shape index (κ1) is 36.1. The molecule has 48 heavy (non-hydrogen) atoms. The predicted molar refractivity (Wildman–Crippen MR) is 182 cm³/mol. The minimum atomic E-state index is -1.32. The lowest BCUT2D eigenvalue weighted by Crippen LogP contribution is -2.55. The molecule has 0 radical (unpaired) electrons. The molecule has 6 N–H and O–H groups in total. The van der Waals surface area contributed by atoms with E-state index in [4.69, 9.17) is 15.2 Å². The molecule has 0 fully saturated rings. The van der Waals surface area contributed by atoms with Crippen LogP contribution in [0.25, 0.3) is 11.1 Å². The number of ether oxygens (including phenoxy) is 2. The monoisotopic (exact) mass is 658 g/mol. The maximum atomic E-state index is 13.3. The molecule has 3 atom stereocenters. The van der Waals surface area contributed by atoms with Crippen molar-refractivity contribution >= 4 is 23.9 Å². The summed E-state index contributed by atoms with van der Waals surface area (Å²) in [6.07, 6.45) is 1.03. The van der Waals surface area contributed by atoms with Crippen LogP contribution in [0, 0.1) is 5.92 Å². The summed E-state index contributed by atoms with van der Waals surface area (Å²) in [6.45, 7) is 3.66. The summed E-state index contributed by atoms with van der Waals surface area (Å²) in [6, 6.07) is 22.1. The highest BCUT2D eigenvalue weighted by atomic mass is 16.5. The number of hydrogen-bond acceptors (Lipinski definition) is 8. The lowest BCUT2D eigenvalue weighted by atomic mass is 9.98. The molecule has 0 aromatic heterocycles. The number of aliphatic hydroxyl groups is 1. The van der Waals surface area contributed by atoms with E-state index >= 15 is 0 Å². The van der Waals surface area contributed by atoms with E-state index in [1.54, 1.807) is 24.3 Å². The van der Waals surface area contributed by atoms with E-state index in [-0.39, 0.29) is 38.0 Å². The molecule has 0 saturated heterocycles. The first-order valence-electron chi connectivity index (χ1n) is 16.4. The van der Waals surface area contributed by atoms with E-state index in [1.807, 2.05) is 44.2 Å². The normalized spacial score (nSPS) is 13.9. The van der Waals surface area contributed by atoms with Crippen LogP contribution in [0.15, 0.2) is 78.9 Å². The van der Waals surface area contributed by atoms with Crippen molar-refractivity contribution in [2.75, 3.05) is 19.8 Å². The van der Waals surface area contributed by atoms with Gasteiger partial charge in [0, 0.05) is 12.5 Å². The fraction of sp³-hybridized carbons (Fsp3) is 0.405. The third kappa shape index (κ3) is 10.1. The van der Waals surface area contributed by atoms with Gasteiger partial charge >= 0.3 is 12.1 Å². The maximum Gasteiger partial charge on any atom is 0.407 e. The third-order valence-corrected chi connectivity index (χ3v) is 8.24. The van der Waals surface area contributed by atoms with Crippen LogP contribution in [0.4, 0.5) is 4.79 Å². The molecule has 4 rings (SSSR count). The molecule has 1 aliphatic carbocycles. The molecule has 3 amide bonds. The van der Waals surface area contributed by atoms with Crippen LogP contribution in [-0.2, 0) is 30.5 Å². The number of benzene rings is 3. The lowest BCUT2D eigenvalue weighted by Gasteiger charge is -2.23. The number of aliphatic hydroxyl groups excluding tert-OH is 1. The van der Waals surface area contributed by atoms with Crippen molar-refractivity contribution < 1.29 is 33.8 Å². The molecule has 1 aliphatic rings. The van der Waals surface area contributed by atoms with E-state index in [0.29, 0.717) is 19.3 Å². The van der Waals surface area contributed by atoms with Gasteiger partial charge < -0.3 is 36.3 Å². The summed E-state index contributed by atoms with van der Waals surface area (Å²) in [4.78, 5) is 51.3. The van der Waals surface area contributed by atoms with Crippen molar-refractivity contribution in [3.63, 3.8) is 0 Å². The van der Waals surface area contributed by atoms with E-state index in [9.17, 15) is 24.3 Å². The van der Waals surface area contributed by atoms with Gasteiger partial charge in [-0.3, -0.25) is 9.59 Å². The maximum absolute atomic E-state index is 13.3. The Bertz CT molecular complexity index is 1490. The van der Waals surface area contributed by atoms with Gasteiger partial charge in [0.05, 0.1) is 12.6 Å². The average molecular weight is 659 g/mol. The first-order chi connectivity index (χ1) is 23.2. The predicted octanol–water partition coefficient (Wildman–Crippen LogP) is 3.77. The summed E-state index contributed by atoms with van der Waals surface area (Å²) in [5.74, 6) is -1.83. The molecule has 256 valence electrons. The van der Waals surface area contributed by atoms with Crippen LogP contribution in [0.2, 0.25) is 0 Å². The first-order valence-corrected chi connectivity index (χ1v) is 16.4. The number of carbonyl (C=O) groups is 4. The van der Waals surface area contributed by atoms with Gasteiger partial charge in [0.2, 0.25) is 11.8 Å². The average Bonchev–Trinajstić information content (AvgIpc) is 3.41. The van der Waals surface area contributed by atoms with E-state index in [0.717, 1.165) is 27.8 Å². The number of hydrogen-bond donors (Lipinski definition) is 5. The Morgan fingerprint density at radius 2 is 1.40 bits per heavy atom. The van der Waals surface area contributed by atoms with Gasteiger partial charge in [0.15, 0.2) is 6.04 Å². The molecule has 0 heterocycles. The molecular formula is C37H46N4O7. The van der Waals surface area contributed by atoms with Crippen LogP contribution in [0.5, 0.6) is 0 Å². The van der Waals surface area contributed by atoms with E-state index in [2.05, 4.69) is 40.2 Å². The Morgan fingerprint density at radius 3 is 2.02 bits per heavy atom. The molecule has 0 bridgehead atoms. The number of unbranched alkanes of at least 4 members (excludes halogenated alkanes) is 1. The molecule has 0 saturated carbocycles. The molecular weight excluding hydrogens is 612 g/mol. The van der Waals surface area contributed by atoms with Crippen LogP contribution >= 0.6 is 0 Å². The highest BCUT2D eigenvalue weighted by Crippen LogP contribution is 2.44. The molecule has 0 aliphatic heterocycles. The fourth-order valence-corrected chi connectivity index (χ4v) is 5.76. The van der Waals surface area contributed by atoms with Crippen molar-refractivity contribution in [1.29, 1.82) is 0 Å². The minimum absolute atomic E-state index is 0.0209. The van der Waals surface area contributed by atoms with Gasteiger partial charge in [0.25, 0.3) is 0 Å². The number of carbonyl (C=O) groups excluding carboxylic acids is 4. The topological polar surface area (TPSA) is 169 Å². The van der Waals surface area contributed by atoms with Gasteiger partial charge in [-0.25, -0.2) is 9.59 Å². The SMILES string of the molecule is CC(C)C[C@H](N)C(=O)N[C@@H](CCCCNC(=O)OCC1c2ccccc2-c2ccccc21)C(=O)N[C@@H](CO)C(=O)OCc1ccccc1. The Morgan fingerprint density at radius 1 is 0.792 bits per heavy atom. The number of esters is 1. The quantitative estimate of drug-likeness (QED) is 0.108. The lowest BCUT2D eigenvalue weighted by molar-refractivity contribution is -0.150. The molecule has 3 aromatic rings. The second-order valence-electron chi connectivity index (χ2n) is 12.4. The number of amides is 3. The number of alkyl carbamates (subject to hydrolysis) is 1. The summed E-state index contributed by atoms with van der Waals surface area (Å²) < 4.78 is 10.9. The van der Waals surface area contributed by atoms with Crippen molar-refractivity contribution in [2.45, 2.75) is 70.2 Å². The largest absolute Gasteiger partial charge is 0.459 e. The Hall–Kier alpha value is -4.74. The Balaban J connectivity index is 1.26. The zero-order chi connectivity index (χ0) is 34.5. The Labute approximate surface area is 281 Å². The van der Waals surface area contributed by atoms with Crippen molar-refractivity contribution in [1.82, 2.24) is 16.0 Å². The molecule has 3 aromatic carbocycles. The van der Waals surface area contributed by atoms with Crippen molar-refractivity contribution in [2.24, 2.45) is 11.7 Å². The summed E-state index contributed by atoms with van der Waals surface area (Å²) in [5, 5.41) is 17.8. The van der Waals surface area contributed by atoms with E-state index < -0.39 is 48.6 Å². The van der Waals surface area contributed by atoms with Gasteiger partial charge in [-0.2, -0.15) is 0 Å². The number of fused-ring (bicyclic) bond motifs is 3. The second-order valence-corrected chi connectivity index (χ2v) is 12.4. The van der Waals surface area contributed by atoms with Gasteiger partial charge in [-0.05, 0) is 59.4 Å². The third-order valence-electron chi connectivity index (χ3n) is 8.24. The summed E-state index contributed by atoms with van der Waals surface area (Å²) in [5.41, 5.74) is 11.3. The molecule has 11 nitrogen and oxygen atoms in total. The van der Waals surface area contributed by atoms with E-state index in [1.165, 1.54) is 0 Å². The van der Waals surface area contributed by atoms with Gasteiger partial charge in [-0.1, -0.05) is 92.7 Å². The van der Waals surface area contributed by atoms with Crippen molar-refractivity contribution in [3.8, 4) is 11.1 Å². The highest BCUT2D eigenvalue weighted by molar-refractivity contribution is 5.92. The van der Waals surface area contributed by atoms with Crippen LogP contribution in [0.1, 0.15) is 62.1 Å². The summed E-state index contributed by atoms with van der Waals surface area (Å²) >= 11 is 0. The standard InChI is InChI=1S/C37H46N4O7/c1-24(2)20-31(38)34(43)40-32(35(44)41-33(21-42)36(45)47-22-25-12-4-3-5-13-25)18-10-11-19-39-37(46)48-23-30-28-16-8-6-14-26(28)27-15-7-9-17-29(27)30/h3-9,12-17,24,30-33,42H,10-11,18-23,38H2,1-2H3,(H,39,46)(H,40,43)(H,41,44)/t31-,32-,33-/m0/s1. The molecule has 11 heteroatoms. The number of nitrogens with one attached hydrogen (secondary N) is 3. The van der Waals surface area contributed by atoms with Crippen LogP contribution in [0.3, 0.4) is 0 Å². The van der Waals surface area contributed by atoms with Crippen LogP contribution in [-0.4, -0.2) is 66.9 Å². The Kier molecular flexibility index (Phi) is 13.5. The summed E-state index contributed by atoms with van der Waals surface area (Å²) in [7, 11) is 0. The van der Waals surface area contributed by atoms with Crippen LogP contribution < -0.4 is 21.7 Å². The van der Waals surface area contributed by atoms with Gasteiger partial charge in [0.1, 0.15) is 19.3 Å².